The van der Waals surface area contributed by atoms with Crippen molar-refractivity contribution >= 4 is 11.6 Å². The minimum absolute atomic E-state index is 0.186. The maximum absolute atomic E-state index is 14.3. The lowest BCUT2D eigenvalue weighted by Crippen LogP contribution is -2.31. The summed E-state index contributed by atoms with van der Waals surface area (Å²) in [6.07, 6.45) is 0. The maximum atomic E-state index is 14.3. The second-order valence-corrected chi connectivity index (χ2v) is 6.35. The van der Waals surface area contributed by atoms with Gasteiger partial charge in [0.05, 0.1) is 25.0 Å². The summed E-state index contributed by atoms with van der Waals surface area (Å²) in [6.45, 7) is 1.87. The van der Waals surface area contributed by atoms with E-state index in [0.717, 1.165) is 11.1 Å². The highest BCUT2D eigenvalue weighted by molar-refractivity contribution is 5.96. The third kappa shape index (κ3) is 4.45. The second-order valence-electron chi connectivity index (χ2n) is 6.35. The molecule has 0 heterocycles. The molecule has 0 saturated carbocycles. The Labute approximate surface area is 169 Å². The van der Waals surface area contributed by atoms with Crippen molar-refractivity contribution in [1.82, 2.24) is 0 Å². The molecule has 0 bridgehead atoms. The summed E-state index contributed by atoms with van der Waals surface area (Å²) in [5.41, 5.74) is 8.70. The molecule has 0 spiro atoms. The third-order valence-corrected chi connectivity index (χ3v) is 4.40. The monoisotopic (exact) mass is 394 g/mol. The number of nitrogens with zero attached hydrogens (tertiary/aromatic N) is 1. The van der Waals surface area contributed by atoms with Gasteiger partial charge in [0.25, 0.3) is 0 Å². The molecule has 5 nitrogen and oxygen atoms in total. The molecule has 2 N–H and O–H groups in total. The molecule has 0 radical (unpaired) electrons. The highest BCUT2D eigenvalue weighted by Gasteiger charge is 2.21. The SMILES string of the molecule is COc1cccc(N(OCCN)C(C)=O)c1-c1cccc(-c2ccccc2F)c1. The number of ether oxygens (including phenoxy) is 1. The quantitative estimate of drug-likeness (QED) is 0.603. The van der Waals surface area contributed by atoms with Crippen LogP contribution in [0.25, 0.3) is 22.3 Å². The van der Waals surface area contributed by atoms with Gasteiger partial charge in [0.15, 0.2) is 0 Å². The first-order valence-electron chi connectivity index (χ1n) is 9.22. The fourth-order valence-electron chi connectivity index (χ4n) is 3.16. The molecule has 29 heavy (non-hydrogen) atoms. The van der Waals surface area contributed by atoms with Crippen molar-refractivity contribution < 1.29 is 18.8 Å². The van der Waals surface area contributed by atoms with Crippen LogP contribution in [-0.2, 0) is 9.63 Å². The summed E-state index contributed by atoms with van der Waals surface area (Å²) in [7, 11) is 1.56. The molecule has 3 rings (SSSR count). The van der Waals surface area contributed by atoms with Gasteiger partial charge in [0, 0.05) is 19.0 Å². The fourth-order valence-corrected chi connectivity index (χ4v) is 3.16. The molecule has 150 valence electrons. The summed E-state index contributed by atoms with van der Waals surface area (Å²) in [6, 6.07) is 19.4. The van der Waals surface area contributed by atoms with Crippen LogP contribution in [0.2, 0.25) is 0 Å². The average Bonchev–Trinajstić information content (AvgIpc) is 2.74. The molecular formula is C23H23FN2O3. The zero-order valence-corrected chi connectivity index (χ0v) is 16.4. The van der Waals surface area contributed by atoms with Crippen LogP contribution >= 0.6 is 0 Å². The van der Waals surface area contributed by atoms with E-state index in [1.165, 1.54) is 18.1 Å². The Kier molecular flexibility index (Phi) is 6.59. The van der Waals surface area contributed by atoms with E-state index in [1.54, 1.807) is 43.5 Å². The average molecular weight is 394 g/mol. The van der Waals surface area contributed by atoms with E-state index in [1.807, 2.05) is 24.3 Å². The van der Waals surface area contributed by atoms with Crippen molar-refractivity contribution in [2.24, 2.45) is 5.73 Å². The number of hydrogen-bond donors (Lipinski definition) is 1. The van der Waals surface area contributed by atoms with Gasteiger partial charge >= 0.3 is 0 Å². The molecule has 0 aliphatic heterocycles. The summed E-state index contributed by atoms with van der Waals surface area (Å²) >= 11 is 0. The van der Waals surface area contributed by atoms with E-state index in [4.69, 9.17) is 15.3 Å². The smallest absolute Gasteiger partial charge is 0.247 e. The van der Waals surface area contributed by atoms with Gasteiger partial charge in [-0.1, -0.05) is 42.5 Å². The van der Waals surface area contributed by atoms with Crippen molar-refractivity contribution in [3.8, 4) is 28.0 Å². The van der Waals surface area contributed by atoms with Gasteiger partial charge in [-0.25, -0.2) is 4.39 Å². The number of nitrogens with two attached hydrogens (primary N) is 1. The summed E-state index contributed by atoms with van der Waals surface area (Å²) < 4.78 is 19.9. The van der Waals surface area contributed by atoms with E-state index in [9.17, 15) is 9.18 Å². The number of halogens is 1. The van der Waals surface area contributed by atoms with Crippen LogP contribution in [0.15, 0.2) is 66.7 Å². The predicted molar refractivity (Wildman–Crippen MR) is 112 cm³/mol. The van der Waals surface area contributed by atoms with Gasteiger partial charge in [-0.05, 0) is 35.4 Å². The number of anilines is 1. The van der Waals surface area contributed by atoms with E-state index in [0.29, 0.717) is 22.6 Å². The Bertz CT molecular complexity index is 1010. The van der Waals surface area contributed by atoms with Gasteiger partial charge < -0.3 is 10.5 Å². The molecule has 0 atom stereocenters. The lowest BCUT2D eigenvalue weighted by atomic mass is 9.97. The normalized spacial score (nSPS) is 10.6. The summed E-state index contributed by atoms with van der Waals surface area (Å²) in [5, 5.41) is 1.21. The molecule has 0 aromatic heterocycles. The van der Waals surface area contributed by atoms with E-state index in [-0.39, 0.29) is 24.9 Å². The molecular weight excluding hydrogens is 371 g/mol. The van der Waals surface area contributed by atoms with Crippen LogP contribution in [0, 0.1) is 5.82 Å². The molecule has 0 aliphatic rings. The zero-order chi connectivity index (χ0) is 20.8. The fraction of sp³-hybridized carbons (Fsp3) is 0.174. The van der Waals surface area contributed by atoms with Crippen molar-refractivity contribution in [3.63, 3.8) is 0 Å². The molecule has 3 aromatic carbocycles. The van der Waals surface area contributed by atoms with Crippen molar-refractivity contribution in [2.75, 3.05) is 25.3 Å². The molecule has 0 unspecified atom stereocenters. The largest absolute Gasteiger partial charge is 0.496 e. The van der Waals surface area contributed by atoms with Crippen LogP contribution in [0.3, 0.4) is 0 Å². The zero-order valence-electron chi connectivity index (χ0n) is 16.4. The Morgan fingerprint density at radius 3 is 2.45 bits per heavy atom. The van der Waals surface area contributed by atoms with Gasteiger partial charge in [-0.3, -0.25) is 9.63 Å². The standard InChI is InChI=1S/C23H23FN2O3/c1-16(27)26(29-14-13-25)21-11-6-12-22(28-2)23(21)18-8-5-7-17(15-18)19-9-3-4-10-20(19)24/h3-12,15H,13-14,25H2,1-2H3. The minimum Gasteiger partial charge on any atom is -0.496 e. The van der Waals surface area contributed by atoms with Crippen LogP contribution < -0.4 is 15.5 Å². The number of carbonyl (C=O) groups is 1. The Morgan fingerprint density at radius 1 is 1.03 bits per heavy atom. The number of benzene rings is 3. The molecule has 3 aromatic rings. The van der Waals surface area contributed by atoms with Gasteiger partial charge in [0.1, 0.15) is 11.6 Å². The van der Waals surface area contributed by atoms with Crippen LogP contribution in [0.4, 0.5) is 10.1 Å². The van der Waals surface area contributed by atoms with Crippen molar-refractivity contribution in [2.45, 2.75) is 6.92 Å². The van der Waals surface area contributed by atoms with Gasteiger partial charge in [-0.2, -0.15) is 5.06 Å². The lowest BCUT2D eigenvalue weighted by Gasteiger charge is -2.24. The highest BCUT2D eigenvalue weighted by atomic mass is 19.1. The van der Waals surface area contributed by atoms with Crippen LogP contribution in [0.5, 0.6) is 5.75 Å². The number of hydrogen-bond acceptors (Lipinski definition) is 4. The Hall–Kier alpha value is -3.22. The van der Waals surface area contributed by atoms with Crippen LogP contribution in [-0.4, -0.2) is 26.2 Å². The Balaban J connectivity index is 2.17. The second kappa shape index (κ2) is 9.32. The molecule has 0 fully saturated rings. The maximum Gasteiger partial charge on any atom is 0.247 e. The highest BCUT2D eigenvalue weighted by Crippen LogP contribution is 2.40. The number of rotatable bonds is 7. The van der Waals surface area contributed by atoms with Crippen molar-refractivity contribution in [1.29, 1.82) is 0 Å². The number of amides is 1. The first kappa shape index (κ1) is 20.5. The van der Waals surface area contributed by atoms with E-state index < -0.39 is 0 Å². The third-order valence-electron chi connectivity index (χ3n) is 4.40. The Morgan fingerprint density at radius 2 is 1.76 bits per heavy atom. The van der Waals surface area contributed by atoms with Gasteiger partial charge in [0.2, 0.25) is 5.91 Å². The molecule has 6 heteroatoms. The first-order chi connectivity index (χ1) is 14.1. The summed E-state index contributed by atoms with van der Waals surface area (Å²) in [4.78, 5) is 17.8. The molecule has 1 amide bonds. The number of methoxy groups -OCH3 is 1. The lowest BCUT2D eigenvalue weighted by molar-refractivity contribution is -0.123. The number of carbonyl (C=O) groups excluding carboxylic acids is 1. The molecule has 0 aliphatic carbocycles. The summed E-state index contributed by atoms with van der Waals surface area (Å²) in [5.74, 6) is -0.0319. The predicted octanol–water partition coefficient (Wildman–Crippen LogP) is 4.41. The van der Waals surface area contributed by atoms with Crippen molar-refractivity contribution in [3.05, 3.63) is 72.5 Å². The van der Waals surface area contributed by atoms with Gasteiger partial charge in [-0.15, -0.1) is 0 Å². The number of hydroxylamine groups is 1. The molecule has 0 saturated heterocycles. The van der Waals surface area contributed by atoms with E-state index >= 15 is 0 Å². The van der Waals surface area contributed by atoms with E-state index in [2.05, 4.69) is 0 Å². The topological polar surface area (TPSA) is 64.8 Å². The minimum atomic E-state index is -0.304. The first-order valence-corrected chi connectivity index (χ1v) is 9.22. The van der Waals surface area contributed by atoms with Crippen LogP contribution in [0.1, 0.15) is 6.92 Å².